The van der Waals surface area contributed by atoms with E-state index < -0.39 is 0 Å². The summed E-state index contributed by atoms with van der Waals surface area (Å²) in [6.45, 7) is 2.82. The number of rotatable bonds is 2. The molecule has 1 fully saturated rings. The maximum atomic E-state index is 12.9. The molecule has 1 saturated heterocycles. The molecule has 1 atom stereocenters. The average Bonchev–Trinajstić information content (AvgIpc) is 3.25. The van der Waals surface area contributed by atoms with E-state index in [-0.39, 0.29) is 11.9 Å². The number of aromatic nitrogens is 2. The highest BCUT2D eigenvalue weighted by molar-refractivity contribution is 5.95. The van der Waals surface area contributed by atoms with Gasteiger partial charge in [-0.05, 0) is 62.3 Å². The first-order valence-electron chi connectivity index (χ1n) is 8.16. The Balaban J connectivity index is 1.61. The van der Waals surface area contributed by atoms with Crippen LogP contribution in [0.25, 0.3) is 0 Å². The van der Waals surface area contributed by atoms with Gasteiger partial charge in [0.25, 0.3) is 5.91 Å². The number of nitrogens with one attached hydrogen (secondary N) is 1. The lowest BCUT2D eigenvalue weighted by Gasteiger charge is -2.23. The van der Waals surface area contributed by atoms with E-state index in [1.54, 1.807) is 0 Å². The molecule has 1 amide bonds. The molecule has 2 aliphatic rings. The molecule has 4 nitrogen and oxygen atoms in total. The Labute approximate surface area is 130 Å². The lowest BCUT2D eigenvalue weighted by atomic mass is 10.1. The van der Waals surface area contributed by atoms with Crippen LogP contribution in [0.15, 0.2) is 24.4 Å². The number of amides is 1. The van der Waals surface area contributed by atoms with Crippen LogP contribution in [0.4, 0.5) is 0 Å². The Kier molecular flexibility index (Phi) is 3.25. The number of likely N-dealkylation sites (tertiary alicyclic amines) is 1. The zero-order chi connectivity index (χ0) is 15.1. The molecule has 1 aromatic carbocycles. The number of aryl methyl sites for hydroxylation is 3. The minimum Gasteiger partial charge on any atom is -0.344 e. The first-order valence-corrected chi connectivity index (χ1v) is 8.16. The number of nitrogens with zero attached hydrogens (tertiary/aromatic N) is 2. The highest BCUT2D eigenvalue weighted by Gasteiger charge is 2.32. The summed E-state index contributed by atoms with van der Waals surface area (Å²) in [5.74, 6) is 1.07. The van der Waals surface area contributed by atoms with Gasteiger partial charge in [-0.15, -0.1) is 0 Å². The summed E-state index contributed by atoms with van der Waals surface area (Å²) in [7, 11) is 0. The second-order valence-corrected chi connectivity index (χ2v) is 6.45. The molecule has 2 heterocycles. The van der Waals surface area contributed by atoms with Crippen LogP contribution in [0.2, 0.25) is 0 Å². The first-order chi connectivity index (χ1) is 10.7. The molecule has 0 saturated carbocycles. The molecule has 0 unspecified atom stereocenters. The van der Waals surface area contributed by atoms with Crippen molar-refractivity contribution in [3.8, 4) is 0 Å². The maximum Gasteiger partial charge on any atom is 0.254 e. The molecule has 1 aliphatic heterocycles. The van der Waals surface area contributed by atoms with Crippen LogP contribution >= 0.6 is 0 Å². The second-order valence-electron chi connectivity index (χ2n) is 6.45. The number of H-pyrrole nitrogens is 1. The highest BCUT2D eigenvalue weighted by Crippen LogP contribution is 2.32. The van der Waals surface area contributed by atoms with Crippen molar-refractivity contribution in [3.63, 3.8) is 0 Å². The van der Waals surface area contributed by atoms with Crippen molar-refractivity contribution in [1.82, 2.24) is 14.9 Å². The summed E-state index contributed by atoms with van der Waals surface area (Å²) in [6, 6.07) is 6.33. The van der Waals surface area contributed by atoms with Gasteiger partial charge in [0.15, 0.2) is 0 Å². The van der Waals surface area contributed by atoms with Gasteiger partial charge < -0.3 is 9.88 Å². The van der Waals surface area contributed by atoms with E-state index in [0.717, 1.165) is 49.3 Å². The van der Waals surface area contributed by atoms with Crippen molar-refractivity contribution in [2.45, 2.75) is 45.1 Å². The quantitative estimate of drug-likeness (QED) is 0.925. The number of hydrogen-bond donors (Lipinski definition) is 1. The van der Waals surface area contributed by atoms with Gasteiger partial charge in [-0.1, -0.05) is 6.07 Å². The maximum absolute atomic E-state index is 12.9. The topological polar surface area (TPSA) is 49.0 Å². The van der Waals surface area contributed by atoms with Crippen LogP contribution in [-0.2, 0) is 12.8 Å². The summed E-state index contributed by atoms with van der Waals surface area (Å²) in [5.41, 5.74) is 4.65. The second kappa shape index (κ2) is 5.27. The summed E-state index contributed by atoms with van der Waals surface area (Å²) < 4.78 is 0. The van der Waals surface area contributed by atoms with Crippen LogP contribution in [0.5, 0.6) is 0 Å². The molecule has 0 radical (unpaired) electrons. The van der Waals surface area contributed by atoms with E-state index in [4.69, 9.17) is 0 Å². The SMILES string of the molecule is Cc1cnc([C@H]2CCCN2C(=O)c2ccc3c(c2)CCC3)[nH]1. The standard InChI is InChI=1S/C18H21N3O/c1-12-11-19-17(20-12)16-6-3-9-21(16)18(22)15-8-7-13-4-2-5-14(13)10-15/h7-8,10-11,16H,2-6,9H2,1H3,(H,19,20)/t16-/m1/s1. The molecule has 1 N–H and O–H groups in total. The minimum absolute atomic E-state index is 0.0921. The molecule has 1 aliphatic carbocycles. The lowest BCUT2D eigenvalue weighted by molar-refractivity contribution is 0.0730. The third-order valence-corrected chi connectivity index (χ3v) is 4.90. The highest BCUT2D eigenvalue weighted by atomic mass is 16.2. The van der Waals surface area contributed by atoms with Gasteiger partial charge in [0.1, 0.15) is 5.82 Å². The van der Waals surface area contributed by atoms with E-state index in [1.165, 1.54) is 17.5 Å². The van der Waals surface area contributed by atoms with E-state index in [0.29, 0.717) is 0 Å². The minimum atomic E-state index is 0.0921. The normalized spacial score (nSPS) is 20.4. The lowest BCUT2D eigenvalue weighted by Crippen LogP contribution is -2.31. The van der Waals surface area contributed by atoms with Crippen molar-refractivity contribution < 1.29 is 4.79 Å². The Bertz CT molecular complexity index is 719. The molecule has 22 heavy (non-hydrogen) atoms. The molecule has 0 bridgehead atoms. The average molecular weight is 295 g/mol. The molecule has 2 aromatic rings. The Morgan fingerprint density at radius 3 is 2.95 bits per heavy atom. The van der Waals surface area contributed by atoms with Gasteiger partial charge in [-0.3, -0.25) is 4.79 Å². The fourth-order valence-electron chi connectivity index (χ4n) is 3.77. The van der Waals surface area contributed by atoms with Crippen LogP contribution < -0.4 is 0 Å². The van der Waals surface area contributed by atoms with E-state index in [1.807, 2.05) is 24.1 Å². The number of fused-ring (bicyclic) bond motifs is 1. The number of carbonyl (C=O) groups is 1. The van der Waals surface area contributed by atoms with Gasteiger partial charge in [0.2, 0.25) is 0 Å². The zero-order valence-corrected chi connectivity index (χ0v) is 12.9. The predicted molar refractivity (Wildman–Crippen MR) is 84.8 cm³/mol. The number of hydrogen-bond acceptors (Lipinski definition) is 2. The van der Waals surface area contributed by atoms with Crippen LogP contribution in [0.3, 0.4) is 0 Å². The summed E-state index contributed by atoms with van der Waals surface area (Å²) >= 11 is 0. The number of benzene rings is 1. The van der Waals surface area contributed by atoms with Crippen molar-refractivity contribution in [1.29, 1.82) is 0 Å². The van der Waals surface area contributed by atoms with Crippen molar-refractivity contribution in [2.24, 2.45) is 0 Å². The Hall–Kier alpha value is -2.10. The molecule has 4 rings (SSSR count). The first kappa shape index (κ1) is 13.6. The molecular weight excluding hydrogens is 274 g/mol. The van der Waals surface area contributed by atoms with Gasteiger partial charge in [0.05, 0.1) is 6.04 Å². The number of carbonyl (C=O) groups excluding carboxylic acids is 1. The largest absolute Gasteiger partial charge is 0.344 e. The van der Waals surface area contributed by atoms with Gasteiger partial charge in [-0.2, -0.15) is 0 Å². The van der Waals surface area contributed by atoms with Gasteiger partial charge in [-0.25, -0.2) is 4.98 Å². The van der Waals surface area contributed by atoms with Crippen LogP contribution in [-0.4, -0.2) is 27.3 Å². The smallest absolute Gasteiger partial charge is 0.254 e. The molecule has 114 valence electrons. The van der Waals surface area contributed by atoms with Crippen molar-refractivity contribution in [3.05, 3.63) is 52.6 Å². The fourth-order valence-corrected chi connectivity index (χ4v) is 3.77. The fraction of sp³-hybridized carbons (Fsp3) is 0.444. The number of imidazole rings is 1. The van der Waals surface area contributed by atoms with Crippen LogP contribution in [0, 0.1) is 6.92 Å². The summed E-state index contributed by atoms with van der Waals surface area (Å²) in [5, 5.41) is 0. The van der Waals surface area contributed by atoms with E-state index >= 15 is 0 Å². The third-order valence-electron chi connectivity index (χ3n) is 4.90. The molecular formula is C18H21N3O. The van der Waals surface area contributed by atoms with E-state index in [2.05, 4.69) is 22.1 Å². The molecule has 1 aromatic heterocycles. The predicted octanol–water partition coefficient (Wildman–Crippen LogP) is 3.18. The molecule has 4 heteroatoms. The molecule has 0 spiro atoms. The third kappa shape index (κ3) is 2.23. The monoisotopic (exact) mass is 295 g/mol. The van der Waals surface area contributed by atoms with Gasteiger partial charge in [0, 0.05) is 24.0 Å². The zero-order valence-electron chi connectivity index (χ0n) is 12.9. The van der Waals surface area contributed by atoms with Crippen molar-refractivity contribution in [2.75, 3.05) is 6.54 Å². The van der Waals surface area contributed by atoms with Crippen LogP contribution in [0.1, 0.15) is 58.3 Å². The number of aromatic amines is 1. The Morgan fingerprint density at radius 2 is 2.14 bits per heavy atom. The van der Waals surface area contributed by atoms with E-state index in [9.17, 15) is 4.79 Å². The summed E-state index contributed by atoms with van der Waals surface area (Å²) in [4.78, 5) is 22.6. The Morgan fingerprint density at radius 1 is 1.27 bits per heavy atom. The van der Waals surface area contributed by atoms with Crippen molar-refractivity contribution >= 4 is 5.91 Å². The van der Waals surface area contributed by atoms with Gasteiger partial charge >= 0.3 is 0 Å². The summed E-state index contributed by atoms with van der Waals surface area (Å²) in [6.07, 6.45) is 7.35.